The number of nitrogen functional groups attached to an aromatic ring is 2. The number of rotatable bonds is 7. The average Bonchev–Trinajstić information content (AvgIpc) is 3.77. The Kier molecular flexibility index (Phi) is 14.0. The van der Waals surface area contributed by atoms with Crippen LogP contribution in [0.25, 0.3) is 22.5 Å². The molecule has 0 saturated heterocycles. The summed E-state index contributed by atoms with van der Waals surface area (Å²) < 4.78 is 52.8. The van der Waals surface area contributed by atoms with E-state index in [4.69, 9.17) is 44.6 Å². The number of amides is 4. The molecule has 4 heterocycles. The van der Waals surface area contributed by atoms with Crippen molar-refractivity contribution >= 4 is 96.6 Å². The normalized spacial score (nSPS) is 22.4. The number of hydrogen-bond donors (Lipinski definition) is 5. The summed E-state index contributed by atoms with van der Waals surface area (Å²) in [6, 6.07) is 5.75. The minimum absolute atomic E-state index is 0. The van der Waals surface area contributed by atoms with Gasteiger partial charge in [0.15, 0.2) is 0 Å². The summed E-state index contributed by atoms with van der Waals surface area (Å²) in [5, 5.41) is 21.9. The number of carboxylic acids is 1. The molecule has 340 valence electrons. The Morgan fingerprint density at radius 1 is 0.785 bits per heavy atom. The Hall–Kier alpha value is -3.64. The number of aromatic nitrogens is 4. The molecule has 6 aliphatic carbocycles. The number of benzene rings is 2. The van der Waals surface area contributed by atoms with Crippen LogP contribution in [0.1, 0.15) is 61.0 Å². The molecular weight excluding hydrogens is 1070 g/mol. The number of carboxylic acid groups (broad SMARTS) is 1. The van der Waals surface area contributed by atoms with Gasteiger partial charge in [-0.3, -0.25) is 0 Å². The van der Waals surface area contributed by atoms with Crippen molar-refractivity contribution in [2.24, 2.45) is 11.8 Å². The van der Waals surface area contributed by atoms with E-state index < -0.39 is 18.0 Å². The summed E-state index contributed by atoms with van der Waals surface area (Å²) in [6.07, 6.45) is 6.39. The van der Waals surface area contributed by atoms with Crippen LogP contribution in [0.3, 0.4) is 0 Å². The summed E-state index contributed by atoms with van der Waals surface area (Å²) in [5.74, 6) is -0.921. The van der Waals surface area contributed by atoms with E-state index in [-0.39, 0.29) is 98.7 Å². The van der Waals surface area contributed by atoms with Gasteiger partial charge in [-0.1, -0.05) is 23.2 Å². The zero-order chi connectivity index (χ0) is 46.2. The van der Waals surface area contributed by atoms with Crippen LogP contribution in [0.4, 0.5) is 39.0 Å². The standard InChI is InChI=1S/C19H17BrClF2N5O2.C18H17BrClN5O2.C2HClF2O2.Na/c20-11-2-12(21)9(1-14(11)30-16(22)23)15-10-6-28(7-13(10)25-17(24)26-15)18(29)27-19-3-8(4-19)5-19;19-11-2-12(20)9(1-14(11)26)15-10-6-25(7-13(10)22-16(21)23-15)17(27)24-18-3-8(4-18)5-18;3-2(4,5)1(6)7;/h1-2,8,16H,3-7H2,(H,27,29)(H2,24,25,26);1-2,8,26H,3-7H2,(H,24,27)(H2,21,22,23);(H,6,7);/q;;;+1/p-1. The van der Waals surface area contributed by atoms with Gasteiger partial charge in [-0.2, -0.15) is 17.6 Å². The van der Waals surface area contributed by atoms with Gasteiger partial charge in [-0.05, 0) is 118 Å². The first kappa shape index (κ1) is 49.3. The van der Waals surface area contributed by atoms with Gasteiger partial charge in [0.05, 0.1) is 67.9 Å². The van der Waals surface area contributed by atoms with Crippen molar-refractivity contribution in [1.29, 1.82) is 0 Å². The van der Waals surface area contributed by atoms with Gasteiger partial charge >= 0.3 is 53.6 Å². The van der Waals surface area contributed by atoms with Gasteiger partial charge in [-0.15, -0.1) is 0 Å². The summed E-state index contributed by atoms with van der Waals surface area (Å²) in [4.78, 5) is 55.1. The van der Waals surface area contributed by atoms with Gasteiger partial charge in [0.25, 0.3) is 0 Å². The molecule has 6 saturated carbocycles. The molecule has 0 unspecified atom stereocenters. The van der Waals surface area contributed by atoms with E-state index in [1.165, 1.54) is 12.1 Å². The molecule has 0 radical (unpaired) electrons. The van der Waals surface area contributed by atoms with Gasteiger partial charge < -0.3 is 51.6 Å². The number of aromatic hydroxyl groups is 1. The molecule has 26 heteroatoms. The molecule has 6 fully saturated rings. The maximum atomic E-state index is 12.8. The van der Waals surface area contributed by atoms with Crippen LogP contribution >= 0.6 is 66.7 Å². The molecule has 4 aromatic rings. The second kappa shape index (κ2) is 18.5. The molecule has 0 spiro atoms. The van der Waals surface area contributed by atoms with Crippen LogP contribution in [0, 0.1) is 11.8 Å². The van der Waals surface area contributed by atoms with E-state index in [0.717, 1.165) is 55.9 Å². The quantitative estimate of drug-likeness (QED) is 0.0989. The number of carbonyl (C=O) groups excluding carboxylic acids is 3. The van der Waals surface area contributed by atoms with E-state index in [2.05, 4.69) is 78.8 Å². The number of halogens is 9. The number of phenols is 1. The number of nitrogens with zero attached hydrogens (tertiary/aromatic N) is 6. The molecule has 2 aromatic heterocycles. The first-order valence-corrected chi connectivity index (χ1v) is 22.1. The van der Waals surface area contributed by atoms with Gasteiger partial charge in [0.1, 0.15) is 17.5 Å². The summed E-state index contributed by atoms with van der Waals surface area (Å²) >= 11 is 23.0. The average molecular weight is 1100 g/mol. The summed E-state index contributed by atoms with van der Waals surface area (Å²) in [7, 11) is 0. The molecule has 4 bridgehead atoms. The first-order chi connectivity index (χ1) is 30.0. The van der Waals surface area contributed by atoms with Crippen molar-refractivity contribution in [3.8, 4) is 34.0 Å². The second-order valence-corrected chi connectivity index (χ2v) is 19.5. The van der Waals surface area contributed by atoms with Crippen molar-refractivity contribution < 1.29 is 76.5 Å². The van der Waals surface area contributed by atoms with Crippen LogP contribution in [-0.2, 0) is 31.0 Å². The number of ether oxygens (including phenoxy) is 1. The number of urea groups is 2. The monoisotopic (exact) mass is 1100 g/mol. The van der Waals surface area contributed by atoms with Crippen molar-refractivity contribution in [2.45, 2.75) is 87.8 Å². The predicted octanol–water partition coefficient (Wildman–Crippen LogP) is 4.32. The van der Waals surface area contributed by atoms with E-state index in [1.54, 1.807) is 21.9 Å². The molecule has 8 aliphatic rings. The summed E-state index contributed by atoms with van der Waals surface area (Å²) in [6.45, 7) is -1.68. The molecular formula is C39H34Br2Cl3F4N10NaO6. The fourth-order valence-electron chi connectivity index (χ4n) is 8.77. The number of hydrogen-bond acceptors (Lipinski definition) is 12. The number of fused-ring (bicyclic) bond motifs is 2. The topological polar surface area (TPSA) is 238 Å². The zero-order valence-corrected chi connectivity index (χ0v) is 41.3. The Balaban J connectivity index is 0.000000168. The van der Waals surface area contributed by atoms with Crippen LogP contribution in [-0.4, -0.2) is 75.9 Å². The van der Waals surface area contributed by atoms with Crippen LogP contribution in [0.15, 0.2) is 33.2 Å². The third kappa shape index (κ3) is 10.1. The summed E-state index contributed by atoms with van der Waals surface area (Å²) in [5.41, 5.74) is 16.4. The van der Waals surface area contributed by atoms with E-state index in [9.17, 15) is 32.3 Å². The predicted molar refractivity (Wildman–Crippen MR) is 229 cm³/mol. The molecule has 2 aliphatic heterocycles. The van der Waals surface area contributed by atoms with Gasteiger partial charge in [0, 0.05) is 33.3 Å². The van der Waals surface area contributed by atoms with Crippen molar-refractivity contribution in [3.05, 3.63) is 65.8 Å². The van der Waals surface area contributed by atoms with Crippen LogP contribution in [0.5, 0.6) is 11.5 Å². The van der Waals surface area contributed by atoms with E-state index >= 15 is 0 Å². The van der Waals surface area contributed by atoms with E-state index in [1.807, 2.05) is 0 Å². The second-order valence-electron chi connectivity index (χ2n) is 16.5. The Labute approximate surface area is 421 Å². The smallest absolute Gasteiger partial charge is 0.543 e. The zero-order valence-electron chi connectivity index (χ0n) is 33.8. The molecule has 4 amide bonds. The van der Waals surface area contributed by atoms with Gasteiger partial charge in [-0.25, -0.2) is 29.5 Å². The Bertz CT molecular complexity index is 2590. The number of alkyl halides is 5. The number of aliphatic carboxylic acids is 1. The number of nitrogens with one attached hydrogen (secondary N) is 2. The SMILES string of the molecule is Nc1nc2c(c(-c3cc(O)c(Br)cc3Cl)n1)CN(C(=O)NC13CC(C1)C3)C2.Nc1nc2c(c(-c3cc(OC(F)F)c(Br)cc3Cl)n1)CN(C(=O)NC13CC(C1)C3)C2.O=C([O-])C(F)(F)Cl.[Na+]. The van der Waals surface area contributed by atoms with Crippen molar-refractivity contribution in [2.75, 3.05) is 11.5 Å². The number of phenolic OH excluding ortho intramolecular Hbond substituents is 1. The maximum Gasteiger partial charge on any atom is 1.00 e. The largest absolute Gasteiger partial charge is 1.00 e. The Morgan fingerprint density at radius 2 is 1.18 bits per heavy atom. The van der Waals surface area contributed by atoms with E-state index in [0.29, 0.717) is 62.1 Å². The third-order valence-corrected chi connectivity index (χ3v) is 14.0. The molecule has 0 atom stereocenters. The molecule has 16 nitrogen and oxygen atoms in total. The first-order valence-electron chi connectivity index (χ1n) is 19.4. The molecule has 2 aromatic carbocycles. The minimum Gasteiger partial charge on any atom is -0.543 e. The van der Waals surface area contributed by atoms with Gasteiger partial charge in [0.2, 0.25) is 11.9 Å². The van der Waals surface area contributed by atoms with Crippen molar-refractivity contribution in [3.63, 3.8) is 0 Å². The number of carbonyl (C=O) groups is 3. The van der Waals surface area contributed by atoms with Crippen LogP contribution < -0.4 is 61.5 Å². The molecule has 7 N–H and O–H groups in total. The third-order valence-electron chi connectivity index (χ3n) is 12.0. The molecule has 12 rings (SSSR count). The van der Waals surface area contributed by atoms with Crippen molar-refractivity contribution in [1.82, 2.24) is 40.4 Å². The fraction of sp³-hybridized carbons (Fsp3) is 0.410. The minimum atomic E-state index is -4.22. The van der Waals surface area contributed by atoms with Crippen LogP contribution in [0.2, 0.25) is 10.0 Å². The molecule has 65 heavy (non-hydrogen) atoms. The number of nitrogens with two attached hydrogens (primary N) is 2. The fourth-order valence-corrected chi connectivity index (χ4v) is 10.3. The maximum absolute atomic E-state index is 12.8. The Morgan fingerprint density at radius 3 is 1.55 bits per heavy atom. The number of anilines is 2.